The number of aromatic nitrogens is 5. The van der Waals surface area contributed by atoms with Crippen molar-refractivity contribution < 1.29 is 19.2 Å². The van der Waals surface area contributed by atoms with Gasteiger partial charge in [-0.1, -0.05) is 57.2 Å². The number of ether oxygens (including phenoxy) is 1. The summed E-state index contributed by atoms with van der Waals surface area (Å²) in [6, 6.07) is 22.6. The Morgan fingerprint density at radius 1 is 0.966 bits per heavy atom. The van der Waals surface area contributed by atoms with E-state index in [9.17, 15) is 9.59 Å². The number of hydroxylamine groups is 1. The molecule has 304 valence electrons. The van der Waals surface area contributed by atoms with Gasteiger partial charge in [-0.15, -0.1) is 15.3 Å². The third kappa shape index (κ3) is 7.28. The first-order chi connectivity index (χ1) is 28.0. The number of fused-ring (bicyclic) bond motifs is 4. The predicted molar refractivity (Wildman–Crippen MR) is 221 cm³/mol. The van der Waals surface area contributed by atoms with Gasteiger partial charge in [0.1, 0.15) is 11.9 Å². The molecule has 2 aromatic carbocycles. The van der Waals surface area contributed by atoms with E-state index in [2.05, 4.69) is 83.2 Å². The molecule has 0 unspecified atom stereocenters. The number of anilines is 2. The quantitative estimate of drug-likeness (QED) is 0.120. The molecule has 14 heteroatoms. The van der Waals surface area contributed by atoms with Crippen molar-refractivity contribution in [1.82, 2.24) is 39.5 Å². The Bertz CT molecular complexity index is 2300. The number of carbonyl (C=O) groups is 2. The fraction of sp³-hybridized carbons (Fsp3) is 0.477. The molecule has 3 saturated heterocycles. The molecule has 0 spiro atoms. The number of rotatable bonds is 10. The van der Waals surface area contributed by atoms with Crippen molar-refractivity contribution in [2.45, 2.75) is 108 Å². The minimum absolute atomic E-state index is 0.238. The highest BCUT2D eigenvalue weighted by Crippen LogP contribution is 2.40. The summed E-state index contributed by atoms with van der Waals surface area (Å²) in [5.74, 6) is 1.90. The highest BCUT2D eigenvalue weighted by molar-refractivity contribution is 5.90. The molecule has 0 saturated carbocycles. The Labute approximate surface area is 339 Å². The summed E-state index contributed by atoms with van der Waals surface area (Å²) in [6.45, 7) is 12.7. The summed E-state index contributed by atoms with van der Waals surface area (Å²) in [6.07, 6.45) is 7.71. The SMILES string of the molecule is C[C@H]1CCCCN1c1nnc2ccc(O[C@@H]3CC[C@H](NC(=O)N(OC=O)c4cc(C(C)(C)C)nn4-c4cccc(CN5C[C@@H]6C[C@H]5CN6C)c4)c4ccccc43)cn12. The fourth-order valence-corrected chi connectivity index (χ4v) is 9.40. The van der Waals surface area contributed by atoms with Crippen molar-refractivity contribution in [3.05, 3.63) is 95.3 Å². The highest BCUT2D eigenvalue weighted by atomic mass is 16.7. The number of pyridine rings is 1. The lowest BCUT2D eigenvalue weighted by Crippen LogP contribution is -2.44. The summed E-state index contributed by atoms with van der Waals surface area (Å²) in [5, 5.41) is 18.2. The molecule has 5 atom stereocenters. The van der Waals surface area contributed by atoms with Crippen LogP contribution in [0.3, 0.4) is 0 Å². The van der Waals surface area contributed by atoms with Crippen LogP contribution >= 0.6 is 0 Å². The van der Waals surface area contributed by atoms with Gasteiger partial charge in [0.2, 0.25) is 5.95 Å². The summed E-state index contributed by atoms with van der Waals surface area (Å²) in [5.41, 5.74) is 5.07. The van der Waals surface area contributed by atoms with Crippen LogP contribution in [0.1, 0.15) is 101 Å². The molecule has 2 bridgehead atoms. The molecule has 6 heterocycles. The van der Waals surface area contributed by atoms with Crippen LogP contribution in [-0.2, 0) is 21.6 Å². The monoisotopic (exact) mass is 786 g/mol. The number of amides is 2. The zero-order valence-corrected chi connectivity index (χ0v) is 34.1. The van der Waals surface area contributed by atoms with Gasteiger partial charge in [-0.25, -0.2) is 9.48 Å². The van der Waals surface area contributed by atoms with E-state index in [1.165, 1.54) is 12.8 Å². The second kappa shape index (κ2) is 15.4. The minimum atomic E-state index is -0.571. The molecule has 4 aliphatic rings. The first kappa shape index (κ1) is 38.1. The lowest BCUT2D eigenvalue weighted by molar-refractivity contribution is -0.129. The Kier molecular flexibility index (Phi) is 10.1. The standard InChI is InChI=1S/C44H54N10O4/c1-29-11-8-9-20-51(29)42-47-46-40-19-16-34(27-52(40)42)58-38-18-17-37(35-14-6-7-15-36(35)38)45-43(56)54(57-28-55)41-23-39(44(2,3)4)48-53(41)31-13-10-12-30(21-31)24-50-26-32-22-33(50)25-49(32)5/h6-7,10,12-16,19,21,23,27-29,32-33,37-38H,8-9,11,17-18,20,22,24-26H2,1-5H3,(H,45,56)/t29-,32-,33-,37-,38+/m0/s1. The van der Waals surface area contributed by atoms with Crippen molar-refractivity contribution >= 4 is 29.9 Å². The molecular weight excluding hydrogens is 733 g/mol. The van der Waals surface area contributed by atoms with Gasteiger partial charge in [0.25, 0.3) is 0 Å². The average Bonchev–Trinajstić information content (AvgIpc) is 4.02. The first-order valence-corrected chi connectivity index (χ1v) is 20.8. The normalized spacial score (nSPS) is 23.5. The molecule has 58 heavy (non-hydrogen) atoms. The first-order valence-electron chi connectivity index (χ1n) is 20.8. The number of likely N-dealkylation sites (tertiary alicyclic amines) is 2. The van der Waals surface area contributed by atoms with E-state index >= 15 is 0 Å². The molecule has 14 nitrogen and oxygen atoms in total. The number of hydrogen-bond donors (Lipinski definition) is 1. The maximum absolute atomic E-state index is 14.3. The van der Waals surface area contributed by atoms with Crippen LogP contribution in [0, 0.1) is 0 Å². The molecule has 1 aliphatic carbocycles. The van der Waals surface area contributed by atoms with Gasteiger partial charge in [0, 0.05) is 55.8 Å². The fourth-order valence-electron chi connectivity index (χ4n) is 9.40. The van der Waals surface area contributed by atoms with Crippen LogP contribution in [0.25, 0.3) is 11.3 Å². The predicted octanol–water partition coefficient (Wildman–Crippen LogP) is 6.74. The zero-order valence-electron chi connectivity index (χ0n) is 34.1. The summed E-state index contributed by atoms with van der Waals surface area (Å²) in [7, 11) is 2.21. The van der Waals surface area contributed by atoms with Gasteiger partial charge in [0.15, 0.2) is 11.5 Å². The van der Waals surface area contributed by atoms with E-state index in [4.69, 9.17) is 14.7 Å². The number of carbonyl (C=O) groups excluding carboxylic acids is 2. The number of nitrogens with one attached hydrogen (secondary N) is 1. The third-order valence-corrected chi connectivity index (χ3v) is 12.6. The third-order valence-electron chi connectivity index (χ3n) is 12.6. The highest BCUT2D eigenvalue weighted by Gasteiger charge is 2.41. The largest absolute Gasteiger partial charge is 0.484 e. The number of piperazine rings is 1. The lowest BCUT2D eigenvalue weighted by atomic mass is 9.85. The van der Waals surface area contributed by atoms with Crippen molar-refractivity contribution in [2.75, 3.05) is 36.6 Å². The Balaban J connectivity index is 0.956. The maximum atomic E-state index is 14.3. The van der Waals surface area contributed by atoms with Crippen LogP contribution < -0.4 is 20.0 Å². The molecule has 1 N–H and O–H groups in total. The minimum Gasteiger partial charge on any atom is -0.484 e. The number of hydrogen-bond acceptors (Lipinski definition) is 10. The number of piperidine rings is 1. The topological polar surface area (TPSA) is 126 Å². The molecule has 2 amide bonds. The van der Waals surface area contributed by atoms with Crippen LogP contribution in [-0.4, -0.2) is 91.5 Å². The van der Waals surface area contributed by atoms with Crippen molar-refractivity contribution in [1.29, 1.82) is 0 Å². The molecule has 5 aromatic rings. The van der Waals surface area contributed by atoms with Crippen molar-refractivity contribution in [3.63, 3.8) is 0 Å². The van der Waals surface area contributed by atoms with Gasteiger partial charge in [0.05, 0.1) is 23.6 Å². The van der Waals surface area contributed by atoms with E-state index in [0.29, 0.717) is 36.8 Å². The van der Waals surface area contributed by atoms with Crippen LogP contribution in [0.15, 0.2) is 72.9 Å². The number of likely N-dealkylation sites (N-methyl/N-ethyl adjacent to an activating group) is 1. The van der Waals surface area contributed by atoms with E-state index in [-0.39, 0.29) is 24.0 Å². The Morgan fingerprint density at radius 2 is 1.81 bits per heavy atom. The average molecular weight is 787 g/mol. The lowest BCUT2D eigenvalue weighted by Gasteiger charge is -2.34. The van der Waals surface area contributed by atoms with Crippen molar-refractivity contribution in [3.8, 4) is 11.4 Å². The molecule has 3 aliphatic heterocycles. The van der Waals surface area contributed by atoms with Crippen LogP contribution in [0.2, 0.25) is 0 Å². The van der Waals surface area contributed by atoms with Gasteiger partial charge in [-0.05, 0) is 93.5 Å². The number of urea groups is 1. The van der Waals surface area contributed by atoms with Gasteiger partial charge >= 0.3 is 12.5 Å². The molecule has 9 rings (SSSR count). The summed E-state index contributed by atoms with van der Waals surface area (Å²) < 4.78 is 10.4. The van der Waals surface area contributed by atoms with Crippen molar-refractivity contribution in [2.24, 2.45) is 0 Å². The maximum Gasteiger partial charge on any atom is 0.357 e. The van der Waals surface area contributed by atoms with Gasteiger partial charge in [-0.2, -0.15) is 5.10 Å². The van der Waals surface area contributed by atoms with E-state index in [1.54, 1.807) is 4.68 Å². The van der Waals surface area contributed by atoms with E-state index < -0.39 is 6.03 Å². The zero-order chi connectivity index (χ0) is 40.1. The summed E-state index contributed by atoms with van der Waals surface area (Å²) in [4.78, 5) is 39.3. The number of nitrogens with zero attached hydrogens (tertiary/aromatic N) is 9. The van der Waals surface area contributed by atoms with Crippen LogP contribution in [0.5, 0.6) is 5.75 Å². The number of benzene rings is 2. The second-order valence-electron chi connectivity index (χ2n) is 17.6. The molecule has 3 fully saturated rings. The van der Waals surface area contributed by atoms with Gasteiger partial charge in [-0.3, -0.25) is 14.1 Å². The Morgan fingerprint density at radius 3 is 2.57 bits per heavy atom. The van der Waals surface area contributed by atoms with Crippen LogP contribution in [0.4, 0.5) is 16.6 Å². The van der Waals surface area contributed by atoms with E-state index in [1.807, 2.05) is 59.1 Å². The molecular formula is C44H54N10O4. The smallest absolute Gasteiger partial charge is 0.357 e. The Hall–Kier alpha value is -5.47. The molecule has 3 aromatic heterocycles. The van der Waals surface area contributed by atoms with E-state index in [0.717, 1.165) is 89.5 Å². The van der Waals surface area contributed by atoms with Gasteiger partial charge < -0.3 is 24.7 Å². The summed E-state index contributed by atoms with van der Waals surface area (Å²) >= 11 is 0. The molecule has 0 radical (unpaired) electrons. The second-order valence-corrected chi connectivity index (χ2v) is 17.6.